The molecule has 0 bridgehead atoms. The van der Waals surface area contributed by atoms with Gasteiger partial charge in [-0.15, -0.1) is 0 Å². The van der Waals surface area contributed by atoms with E-state index in [2.05, 4.69) is 4.90 Å². The van der Waals surface area contributed by atoms with Crippen molar-refractivity contribution < 1.29 is 5.11 Å². The molecule has 0 aromatic heterocycles. The Morgan fingerprint density at radius 1 is 1.27 bits per heavy atom. The summed E-state index contributed by atoms with van der Waals surface area (Å²) < 4.78 is 0. The lowest BCUT2D eigenvalue weighted by atomic mass is 9.92. The number of hydrogen-bond acceptors (Lipinski definition) is 2. The summed E-state index contributed by atoms with van der Waals surface area (Å²) in [6, 6.07) is 0.881. The van der Waals surface area contributed by atoms with Crippen LogP contribution in [0.4, 0.5) is 0 Å². The molecule has 0 aromatic carbocycles. The minimum absolute atomic E-state index is 0.392. The molecule has 1 saturated carbocycles. The average molecular weight is 155 g/mol. The highest BCUT2D eigenvalue weighted by Gasteiger charge is 2.30. The molecule has 1 N–H and O–H groups in total. The van der Waals surface area contributed by atoms with E-state index in [0.29, 0.717) is 12.5 Å². The van der Waals surface area contributed by atoms with E-state index in [1.165, 1.54) is 32.2 Å². The molecular formula is C9H17NO. The molecule has 1 saturated heterocycles. The predicted molar refractivity (Wildman–Crippen MR) is 44.4 cm³/mol. The normalized spacial score (nSPS) is 34.1. The number of rotatable bonds is 2. The van der Waals surface area contributed by atoms with E-state index in [9.17, 15) is 0 Å². The largest absolute Gasteiger partial charge is 0.396 e. The smallest absolute Gasteiger partial charge is 0.0471 e. The van der Waals surface area contributed by atoms with Gasteiger partial charge in [0.2, 0.25) is 0 Å². The fourth-order valence-corrected chi connectivity index (χ4v) is 2.10. The molecule has 2 rings (SSSR count). The zero-order valence-electron chi connectivity index (χ0n) is 7.00. The lowest BCUT2D eigenvalue weighted by molar-refractivity contribution is 0.143. The fourth-order valence-electron chi connectivity index (χ4n) is 2.10. The van der Waals surface area contributed by atoms with Crippen molar-refractivity contribution in [2.24, 2.45) is 5.92 Å². The van der Waals surface area contributed by atoms with E-state index >= 15 is 0 Å². The van der Waals surface area contributed by atoms with Crippen molar-refractivity contribution in [3.8, 4) is 0 Å². The Bertz CT molecular complexity index is 134. The first-order valence-electron chi connectivity index (χ1n) is 4.75. The van der Waals surface area contributed by atoms with Crippen LogP contribution in [0.2, 0.25) is 0 Å². The molecule has 0 spiro atoms. The number of hydrogen-bond donors (Lipinski definition) is 1. The Kier molecular flexibility index (Phi) is 2.14. The third-order valence-electron chi connectivity index (χ3n) is 3.17. The standard InChI is InChI=1S/C9H17NO/c11-7-8-4-5-10(6-8)9-2-1-3-9/h8-9,11H,1-7H2/t8-/m0/s1. The molecule has 1 aliphatic carbocycles. The van der Waals surface area contributed by atoms with Gasteiger partial charge >= 0.3 is 0 Å². The minimum atomic E-state index is 0.392. The molecule has 2 aliphatic rings. The summed E-state index contributed by atoms with van der Waals surface area (Å²) in [5.74, 6) is 0.579. The zero-order chi connectivity index (χ0) is 7.68. The maximum atomic E-state index is 8.93. The van der Waals surface area contributed by atoms with Gasteiger partial charge in [-0.3, -0.25) is 0 Å². The van der Waals surface area contributed by atoms with Crippen LogP contribution >= 0.6 is 0 Å². The molecule has 0 amide bonds. The van der Waals surface area contributed by atoms with E-state index < -0.39 is 0 Å². The van der Waals surface area contributed by atoms with Crippen LogP contribution in [0, 0.1) is 5.92 Å². The van der Waals surface area contributed by atoms with Crippen molar-refractivity contribution in [3.05, 3.63) is 0 Å². The second-order valence-electron chi connectivity index (χ2n) is 3.92. The molecule has 0 aromatic rings. The van der Waals surface area contributed by atoms with Gasteiger partial charge in [0, 0.05) is 19.2 Å². The van der Waals surface area contributed by atoms with Crippen LogP contribution in [0.5, 0.6) is 0 Å². The molecule has 2 fully saturated rings. The lowest BCUT2D eigenvalue weighted by Gasteiger charge is -2.34. The second-order valence-corrected chi connectivity index (χ2v) is 3.92. The fraction of sp³-hybridized carbons (Fsp3) is 1.00. The van der Waals surface area contributed by atoms with E-state index in [1.807, 2.05) is 0 Å². The van der Waals surface area contributed by atoms with Crippen molar-refractivity contribution in [2.45, 2.75) is 31.7 Å². The van der Waals surface area contributed by atoms with Crippen molar-refractivity contribution in [1.82, 2.24) is 4.90 Å². The Morgan fingerprint density at radius 2 is 2.09 bits per heavy atom. The summed E-state index contributed by atoms with van der Waals surface area (Å²) >= 11 is 0. The van der Waals surface area contributed by atoms with Crippen LogP contribution in [-0.2, 0) is 0 Å². The summed E-state index contributed by atoms with van der Waals surface area (Å²) in [6.45, 7) is 2.78. The highest BCUT2D eigenvalue weighted by atomic mass is 16.3. The number of nitrogens with zero attached hydrogens (tertiary/aromatic N) is 1. The number of aliphatic hydroxyl groups is 1. The minimum Gasteiger partial charge on any atom is -0.396 e. The second kappa shape index (κ2) is 3.11. The number of aliphatic hydroxyl groups excluding tert-OH is 1. The molecule has 1 heterocycles. The van der Waals surface area contributed by atoms with E-state index in [1.54, 1.807) is 0 Å². The quantitative estimate of drug-likeness (QED) is 0.639. The third-order valence-corrected chi connectivity index (χ3v) is 3.17. The zero-order valence-corrected chi connectivity index (χ0v) is 7.00. The molecule has 0 unspecified atom stereocenters. The van der Waals surface area contributed by atoms with Gasteiger partial charge in [-0.05, 0) is 31.7 Å². The lowest BCUT2D eigenvalue weighted by Crippen LogP contribution is -2.38. The Balaban J connectivity index is 1.79. The van der Waals surface area contributed by atoms with Gasteiger partial charge in [-0.2, -0.15) is 0 Å². The highest BCUT2D eigenvalue weighted by Crippen LogP contribution is 2.29. The summed E-state index contributed by atoms with van der Waals surface area (Å²) in [5.41, 5.74) is 0. The van der Waals surface area contributed by atoms with E-state index in [0.717, 1.165) is 12.6 Å². The maximum absolute atomic E-state index is 8.93. The van der Waals surface area contributed by atoms with Crippen LogP contribution in [-0.4, -0.2) is 35.7 Å². The van der Waals surface area contributed by atoms with E-state index in [4.69, 9.17) is 5.11 Å². The molecule has 64 valence electrons. The first-order valence-corrected chi connectivity index (χ1v) is 4.75. The van der Waals surface area contributed by atoms with Crippen LogP contribution in [0.3, 0.4) is 0 Å². The van der Waals surface area contributed by atoms with Gasteiger partial charge in [0.1, 0.15) is 0 Å². The van der Waals surface area contributed by atoms with Crippen LogP contribution in [0.25, 0.3) is 0 Å². The monoisotopic (exact) mass is 155 g/mol. The van der Waals surface area contributed by atoms with Crippen LogP contribution < -0.4 is 0 Å². The summed E-state index contributed by atoms with van der Waals surface area (Å²) in [7, 11) is 0. The molecular weight excluding hydrogens is 138 g/mol. The Labute approximate surface area is 68.2 Å². The van der Waals surface area contributed by atoms with Gasteiger partial charge in [0.05, 0.1) is 0 Å². The van der Waals surface area contributed by atoms with Gasteiger partial charge in [-0.25, -0.2) is 0 Å². The van der Waals surface area contributed by atoms with Gasteiger partial charge < -0.3 is 10.0 Å². The summed E-state index contributed by atoms with van der Waals surface area (Å²) in [6.07, 6.45) is 5.44. The van der Waals surface area contributed by atoms with Crippen molar-refractivity contribution in [1.29, 1.82) is 0 Å². The van der Waals surface area contributed by atoms with Crippen LogP contribution in [0.15, 0.2) is 0 Å². The van der Waals surface area contributed by atoms with Gasteiger partial charge in [0.15, 0.2) is 0 Å². The number of likely N-dealkylation sites (tertiary alicyclic amines) is 1. The van der Waals surface area contributed by atoms with Crippen molar-refractivity contribution >= 4 is 0 Å². The first kappa shape index (κ1) is 7.56. The average Bonchev–Trinajstić information content (AvgIpc) is 2.32. The SMILES string of the molecule is OC[C@H]1CCN(C2CCC2)C1. The molecule has 1 atom stereocenters. The van der Waals surface area contributed by atoms with Crippen LogP contribution in [0.1, 0.15) is 25.7 Å². The van der Waals surface area contributed by atoms with Gasteiger partial charge in [-0.1, -0.05) is 6.42 Å². The molecule has 1 aliphatic heterocycles. The molecule has 0 radical (unpaired) electrons. The van der Waals surface area contributed by atoms with Crippen molar-refractivity contribution in [3.63, 3.8) is 0 Å². The molecule has 11 heavy (non-hydrogen) atoms. The molecule has 2 heteroatoms. The Morgan fingerprint density at radius 3 is 2.55 bits per heavy atom. The third kappa shape index (κ3) is 1.42. The predicted octanol–water partition coefficient (Wildman–Crippen LogP) is 0.853. The first-order chi connectivity index (χ1) is 5.40. The van der Waals surface area contributed by atoms with Crippen molar-refractivity contribution in [2.75, 3.05) is 19.7 Å². The Hall–Kier alpha value is -0.0800. The molecule has 2 nitrogen and oxygen atoms in total. The topological polar surface area (TPSA) is 23.5 Å². The summed E-state index contributed by atoms with van der Waals surface area (Å²) in [5, 5.41) is 8.93. The maximum Gasteiger partial charge on any atom is 0.0471 e. The van der Waals surface area contributed by atoms with Gasteiger partial charge in [0.25, 0.3) is 0 Å². The van der Waals surface area contributed by atoms with E-state index in [-0.39, 0.29) is 0 Å². The highest BCUT2D eigenvalue weighted by molar-refractivity contribution is 4.85. The summed E-state index contributed by atoms with van der Waals surface area (Å²) in [4.78, 5) is 2.56.